The molecule has 1 heterocycles. The van der Waals surface area contributed by atoms with Crippen molar-refractivity contribution < 1.29 is 9.53 Å². The highest BCUT2D eigenvalue weighted by Gasteiger charge is 2.13. The molecule has 0 aliphatic heterocycles. The summed E-state index contributed by atoms with van der Waals surface area (Å²) in [5.74, 6) is 0.220. The van der Waals surface area contributed by atoms with E-state index in [0.717, 1.165) is 31.0 Å². The van der Waals surface area contributed by atoms with Gasteiger partial charge < -0.3 is 4.74 Å². The lowest BCUT2D eigenvalue weighted by Crippen LogP contribution is -2.32. The van der Waals surface area contributed by atoms with Crippen LogP contribution in [0.25, 0.3) is 0 Å². The molecule has 0 unspecified atom stereocenters. The summed E-state index contributed by atoms with van der Waals surface area (Å²) in [5, 5.41) is 0. The van der Waals surface area contributed by atoms with E-state index >= 15 is 0 Å². The normalized spacial score (nSPS) is 11.1. The third-order valence-corrected chi connectivity index (χ3v) is 4.13. The van der Waals surface area contributed by atoms with Gasteiger partial charge in [0.1, 0.15) is 0 Å². The molecule has 0 radical (unpaired) electrons. The fraction of sp³-hybridized carbons (Fsp3) is 0.643. The van der Waals surface area contributed by atoms with Crippen molar-refractivity contribution in [1.82, 2.24) is 4.90 Å². The maximum atomic E-state index is 12.1. The van der Waals surface area contributed by atoms with E-state index in [9.17, 15) is 4.79 Å². The van der Waals surface area contributed by atoms with Gasteiger partial charge in [0.15, 0.2) is 5.78 Å². The standard InChI is InChI=1S/C14H23NO2S/c1-4-12-7-8-14(18-12)13(16)11-15(5-2)9-10-17-6-3/h7-8H,4-6,9-11H2,1-3H3. The molecule has 0 aliphatic carbocycles. The van der Waals surface area contributed by atoms with Gasteiger partial charge in [0.05, 0.1) is 18.0 Å². The van der Waals surface area contributed by atoms with Gasteiger partial charge >= 0.3 is 0 Å². The zero-order chi connectivity index (χ0) is 13.4. The van der Waals surface area contributed by atoms with E-state index in [4.69, 9.17) is 4.74 Å². The van der Waals surface area contributed by atoms with Gasteiger partial charge in [-0.15, -0.1) is 11.3 Å². The SMILES string of the molecule is CCOCCN(CC)CC(=O)c1ccc(CC)s1. The highest BCUT2D eigenvalue weighted by molar-refractivity contribution is 7.14. The van der Waals surface area contributed by atoms with E-state index in [1.807, 2.05) is 19.1 Å². The molecule has 0 amide bonds. The summed E-state index contributed by atoms with van der Waals surface area (Å²) in [6.07, 6.45) is 1.000. The van der Waals surface area contributed by atoms with Crippen LogP contribution in [0.4, 0.5) is 0 Å². The van der Waals surface area contributed by atoms with Crippen molar-refractivity contribution in [3.63, 3.8) is 0 Å². The number of rotatable bonds is 9. The predicted molar refractivity (Wildman–Crippen MR) is 76.6 cm³/mol. The van der Waals surface area contributed by atoms with Gasteiger partial charge in [-0.3, -0.25) is 9.69 Å². The van der Waals surface area contributed by atoms with Crippen LogP contribution in [0.5, 0.6) is 0 Å². The van der Waals surface area contributed by atoms with Crippen LogP contribution in [0.1, 0.15) is 35.3 Å². The molecule has 1 aromatic heterocycles. The minimum Gasteiger partial charge on any atom is -0.380 e. The molecule has 1 rings (SSSR count). The van der Waals surface area contributed by atoms with Crippen LogP contribution in [0, 0.1) is 0 Å². The number of carbonyl (C=O) groups is 1. The smallest absolute Gasteiger partial charge is 0.186 e. The average Bonchev–Trinajstić information content (AvgIpc) is 2.86. The van der Waals surface area contributed by atoms with Gasteiger partial charge in [0, 0.05) is 18.0 Å². The van der Waals surface area contributed by atoms with Crippen molar-refractivity contribution in [3.05, 3.63) is 21.9 Å². The summed E-state index contributed by atoms with van der Waals surface area (Å²) in [7, 11) is 0. The van der Waals surface area contributed by atoms with Crippen molar-refractivity contribution in [3.8, 4) is 0 Å². The van der Waals surface area contributed by atoms with Crippen molar-refractivity contribution in [2.24, 2.45) is 0 Å². The lowest BCUT2D eigenvalue weighted by atomic mass is 10.3. The predicted octanol–water partition coefficient (Wildman–Crippen LogP) is 2.85. The van der Waals surface area contributed by atoms with Gasteiger partial charge in [-0.2, -0.15) is 0 Å². The third kappa shape index (κ3) is 4.88. The first kappa shape index (κ1) is 15.3. The molecule has 3 nitrogen and oxygen atoms in total. The number of thiophene rings is 1. The Balaban J connectivity index is 2.45. The first-order valence-electron chi connectivity index (χ1n) is 6.63. The molecule has 0 saturated heterocycles. The van der Waals surface area contributed by atoms with Crippen molar-refractivity contribution in [2.75, 3.05) is 32.8 Å². The second-order valence-electron chi connectivity index (χ2n) is 4.11. The quantitative estimate of drug-likeness (QED) is 0.510. The Labute approximate surface area is 114 Å². The molecule has 1 aromatic rings. The molecule has 0 fully saturated rings. The van der Waals surface area contributed by atoms with Gasteiger partial charge in [0.2, 0.25) is 0 Å². The highest BCUT2D eigenvalue weighted by Crippen LogP contribution is 2.17. The maximum absolute atomic E-state index is 12.1. The number of aryl methyl sites for hydroxylation is 1. The Kier molecular flexibility index (Phi) is 7.16. The minimum absolute atomic E-state index is 0.220. The molecule has 0 N–H and O–H groups in total. The van der Waals surface area contributed by atoms with Gasteiger partial charge in [-0.25, -0.2) is 0 Å². The highest BCUT2D eigenvalue weighted by atomic mass is 32.1. The van der Waals surface area contributed by atoms with Crippen LogP contribution in [-0.4, -0.2) is 43.5 Å². The molecule has 0 aliphatic rings. The summed E-state index contributed by atoms with van der Waals surface area (Å²) >= 11 is 1.61. The van der Waals surface area contributed by atoms with Crippen molar-refractivity contribution in [2.45, 2.75) is 27.2 Å². The van der Waals surface area contributed by atoms with E-state index in [-0.39, 0.29) is 5.78 Å². The van der Waals surface area contributed by atoms with E-state index < -0.39 is 0 Å². The molecule has 18 heavy (non-hydrogen) atoms. The maximum Gasteiger partial charge on any atom is 0.186 e. The van der Waals surface area contributed by atoms with E-state index in [2.05, 4.69) is 18.7 Å². The van der Waals surface area contributed by atoms with Crippen LogP contribution >= 0.6 is 11.3 Å². The van der Waals surface area contributed by atoms with E-state index in [0.29, 0.717) is 13.2 Å². The molecule has 0 spiro atoms. The largest absolute Gasteiger partial charge is 0.380 e. The number of carbonyl (C=O) groups excluding carboxylic acids is 1. The molecule has 0 atom stereocenters. The second kappa shape index (κ2) is 8.40. The Hall–Kier alpha value is -0.710. The number of nitrogens with zero attached hydrogens (tertiary/aromatic N) is 1. The van der Waals surface area contributed by atoms with Crippen LogP contribution in [-0.2, 0) is 11.2 Å². The lowest BCUT2D eigenvalue weighted by Gasteiger charge is -2.18. The summed E-state index contributed by atoms with van der Waals surface area (Å²) < 4.78 is 5.32. The van der Waals surface area contributed by atoms with Gasteiger partial charge in [-0.1, -0.05) is 13.8 Å². The van der Waals surface area contributed by atoms with Crippen LogP contribution in [0.15, 0.2) is 12.1 Å². The van der Waals surface area contributed by atoms with Crippen LogP contribution < -0.4 is 0 Å². The summed E-state index contributed by atoms with van der Waals surface area (Å²) in [6, 6.07) is 4.00. The first-order chi connectivity index (χ1) is 8.71. The number of likely N-dealkylation sites (N-methyl/N-ethyl adjacent to an activating group) is 1. The van der Waals surface area contributed by atoms with Crippen molar-refractivity contribution >= 4 is 17.1 Å². The summed E-state index contributed by atoms with van der Waals surface area (Å²) in [4.78, 5) is 16.4. The zero-order valence-electron chi connectivity index (χ0n) is 11.6. The molecule has 0 bridgehead atoms. The van der Waals surface area contributed by atoms with Gasteiger partial charge in [0.25, 0.3) is 0 Å². The molecule has 0 saturated carbocycles. The summed E-state index contributed by atoms with van der Waals surface area (Å²) in [5.41, 5.74) is 0. The molecule has 0 aromatic carbocycles. The Morgan fingerprint density at radius 1 is 1.33 bits per heavy atom. The minimum atomic E-state index is 0.220. The fourth-order valence-corrected chi connectivity index (χ4v) is 2.56. The monoisotopic (exact) mass is 269 g/mol. The number of ether oxygens (including phenoxy) is 1. The van der Waals surface area contributed by atoms with E-state index in [1.165, 1.54) is 4.88 Å². The first-order valence-corrected chi connectivity index (χ1v) is 7.44. The molecular weight excluding hydrogens is 246 g/mol. The average molecular weight is 269 g/mol. The Bertz CT molecular complexity index is 362. The number of Topliss-reactive ketones (excluding diaryl/α,β-unsaturated/α-hetero) is 1. The topological polar surface area (TPSA) is 29.5 Å². The number of hydrogen-bond acceptors (Lipinski definition) is 4. The number of hydrogen-bond donors (Lipinski definition) is 0. The fourth-order valence-electron chi connectivity index (χ4n) is 1.69. The van der Waals surface area contributed by atoms with Crippen molar-refractivity contribution in [1.29, 1.82) is 0 Å². The molecular formula is C14H23NO2S. The van der Waals surface area contributed by atoms with Crippen LogP contribution in [0.3, 0.4) is 0 Å². The second-order valence-corrected chi connectivity index (χ2v) is 5.28. The van der Waals surface area contributed by atoms with Crippen LogP contribution in [0.2, 0.25) is 0 Å². The number of ketones is 1. The molecule has 4 heteroatoms. The zero-order valence-corrected chi connectivity index (χ0v) is 12.4. The third-order valence-electron chi connectivity index (χ3n) is 2.86. The summed E-state index contributed by atoms with van der Waals surface area (Å²) in [6.45, 7) is 9.80. The molecule has 102 valence electrons. The Morgan fingerprint density at radius 2 is 2.11 bits per heavy atom. The van der Waals surface area contributed by atoms with E-state index in [1.54, 1.807) is 11.3 Å². The Morgan fingerprint density at radius 3 is 2.67 bits per heavy atom. The lowest BCUT2D eigenvalue weighted by molar-refractivity contribution is 0.0871. The van der Waals surface area contributed by atoms with Gasteiger partial charge in [-0.05, 0) is 32.0 Å².